The van der Waals surface area contributed by atoms with Crippen molar-refractivity contribution in [3.63, 3.8) is 0 Å². The number of hydrogen-bond acceptors (Lipinski definition) is 4. The number of fused-ring (bicyclic) bond motifs is 1. The van der Waals surface area contributed by atoms with E-state index in [1.54, 1.807) is 13.8 Å². The first-order valence-electron chi connectivity index (χ1n) is 7.10. The van der Waals surface area contributed by atoms with Crippen molar-refractivity contribution in [3.05, 3.63) is 35.4 Å². The molecule has 1 aliphatic heterocycles. The molecule has 0 saturated heterocycles. The molecule has 0 fully saturated rings. The highest BCUT2D eigenvalue weighted by Gasteiger charge is 2.31. The van der Waals surface area contributed by atoms with E-state index in [-0.39, 0.29) is 36.9 Å². The van der Waals surface area contributed by atoms with Crippen LogP contribution in [0.3, 0.4) is 0 Å². The molecule has 0 aliphatic carbocycles. The molecule has 5 nitrogen and oxygen atoms in total. The van der Waals surface area contributed by atoms with Gasteiger partial charge < -0.3 is 15.4 Å². The molecule has 1 aliphatic rings. The molecule has 2 rings (SSSR count). The molecule has 1 aromatic rings. The Morgan fingerprint density at radius 2 is 1.95 bits per heavy atom. The van der Waals surface area contributed by atoms with Gasteiger partial charge in [0.2, 0.25) is 5.91 Å². The van der Waals surface area contributed by atoms with E-state index >= 15 is 0 Å². The molecule has 1 atom stereocenters. The lowest BCUT2D eigenvalue weighted by molar-refractivity contribution is -0.150. The summed E-state index contributed by atoms with van der Waals surface area (Å²) >= 11 is 0. The van der Waals surface area contributed by atoms with Gasteiger partial charge in [0.25, 0.3) is 0 Å². The minimum Gasteiger partial charge on any atom is -0.469 e. The van der Waals surface area contributed by atoms with Gasteiger partial charge in [-0.3, -0.25) is 9.59 Å². The summed E-state index contributed by atoms with van der Waals surface area (Å²) < 4.78 is 4.73. The number of carbonyl (C=O) groups excluding carboxylic acids is 2. The average Bonchev–Trinajstić information content (AvgIpc) is 2.51. The molecule has 1 unspecified atom stereocenters. The number of esters is 1. The number of halogens is 1. The van der Waals surface area contributed by atoms with E-state index in [9.17, 15) is 9.59 Å². The molecule has 0 bridgehead atoms. The lowest BCUT2D eigenvalue weighted by Crippen LogP contribution is -2.50. The van der Waals surface area contributed by atoms with Gasteiger partial charge in [-0.15, -0.1) is 12.4 Å². The van der Waals surface area contributed by atoms with Crippen molar-refractivity contribution in [1.29, 1.82) is 0 Å². The second kappa shape index (κ2) is 7.61. The van der Waals surface area contributed by atoms with Crippen LogP contribution >= 0.6 is 12.4 Å². The number of methoxy groups -OCH3 is 1. The fraction of sp³-hybridized carbons (Fsp3) is 0.500. The Labute approximate surface area is 137 Å². The third kappa shape index (κ3) is 4.21. The molecule has 0 saturated carbocycles. The number of benzene rings is 1. The summed E-state index contributed by atoms with van der Waals surface area (Å²) in [7, 11) is 1.35. The van der Waals surface area contributed by atoms with Crippen molar-refractivity contribution in [2.75, 3.05) is 13.7 Å². The van der Waals surface area contributed by atoms with Crippen LogP contribution < -0.4 is 10.6 Å². The van der Waals surface area contributed by atoms with Crippen molar-refractivity contribution < 1.29 is 14.3 Å². The summed E-state index contributed by atoms with van der Waals surface area (Å²) in [6.45, 7) is 4.46. The second-order valence-corrected chi connectivity index (χ2v) is 6.00. The molecule has 6 heteroatoms. The van der Waals surface area contributed by atoms with Crippen LogP contribution in [0.4, 0.5) is 0 Å². The van der Waals surface area contributed by atoms with Crippen LogP contribution in [0.1, 0.15) is 25.0 Å². The van der Waals surface area contributed by atoms with Gasteiger partial charge in [0.15, 0.2) is 0 Å². The standard InChI is InChI=1S/C16H22N2O3.ClH/c1-16(2,15(20)21-3)10-18-14(19)13-8-11-6-4-5-7-12(11)9-17-13;/h4-7,13,17H,8-10H2,1-3H3,(H,18,19);1H. The topological polar surface area (TPSA) is 67.4 Å². The van der Waals surface area contributed by atoms with E-state index in [1.165, 1.54) is 18.2 Å². The molecule has 0 spiro atoms. The quantitative estimate of drug-likeness (QED) is 0.822. The van der Waals surface area contributed by atoms with Crippen molar-refractivity contribution in [1.82, 2.24) is 10.6 Å². The second-order valence-electron chi connectivity index (χ2n) is 6.00. The van der Waals surface area contributed by atoms with Gasteiger partial charge in [-0.2, -0.15) is 0 Å². The molecule has 1 heterocycles. The first-order chi connectivity index (χ1) is 9.94. The van der Waals surface area contributed by atoms with Gasteiger partial charge in [0.1, 0.15) is 0 Å². The Kier molecular flexibility index (Phi) is 6.38. The smallest absolute Gasteiger partial charge is 0.313 e. The van der Waals surface area contributed by atoms with Crippen LogP contribution in [0.5, 0.6) is 0 Å². The Morgan fingerprint density at radius 3 is 2.59 bits per heavy atom. The summed E-state index contributed by atoms with van der Waals surface area (Å²) in [6, 6.07) is 7.85. The molecule has 1 amide bonds. The summed E-state index contributed by atoms with van der Waals surface area (Å²) in [5.74, 6) is -0.411. The minimum atomic E-state index is -0.725. The fourth-order valence-electron chi connectivity index (χ4n) is 2.42. The molecular weight excluding hydrogens is 304 g/mol. The predicted molar refractivity (Wildman–Crippen MR) is 86.8 cm³/mol. The Balaban J connectivity index is 0.00000242. The first kappa shape index (κ1) is 18.5. The number of rotatable bonds is 4. The number of ether oxygens (including phenoxy) is 1. The van der Waals surface area contributed by atoms with Crippen LogP contribution in [0.15, 0.2) is 24.3 Å². The maximum absolute atomic E-state index is 12.2. The zero-order chi connectivity index (χ0) is 15.5. The van der Waals surface area contributed by atoms with Crippen LogP contribution in [-0.4, -0.2) is 31.6 Å². The molecule has 122 valence electrons. The Bertz CT molecular complexity index is 546. The third-order valence-electron chi connectivity index (χ3n) is 3.84. The maximum Gasteiger partial charge on any atom is 0.313 e. The number of amides is 1. The van der Waals surface area contributed by atoms with Crippen LogP contribution in [0.25, 0.3) is 0 Å². The number of hydrogen-bond donors (Lipinski definition) is 2. The lowest BCUT2D eigenvalue weighted by atomic mass is 9.92. The summed E-state index contributed by atoms with van der Waals surface area (Å²) in [4.78, 5) is 23.8. The van der Waals surface area contributed by atoms with Crippen LogP contribution in [0.2, 0.25) is 0 Å². The fourth-order valence-corrected chi connectivity index (χ4v) is 2.42. The van der Waals surface area contributed by atoms with Gasteiger partial charge in [-0.25, -0.2) is 0 Å². The van der Waals surface area contributed by atoms with E-state index in [4.69, 9.17) is 4.74 Å². The number of nitrogens with one attached hydrogen (secondary N) is 2. The first-order valence-corrected chi connectivity index (χ1v) is 7.10. The largest absolute Gasteiger partial charge is 0.469 e. The molecule has 0 radical (unpaired) electrons. The van der Waals surface area contributed by atoms with Crippen LogP contribution in [0, 0.1) is 5.41 Å². The van der Waals surface area contributed by atoms with Gasteiger partial charge in [-0.1, -0.05) is 24.3 Å². The monoisotopic (exact) mass is 326 g/mol. The van der Waals surface area contributed by atoms with Gasteiger partial charge in [-0.05, 0) is 31.4 Å². The van der Waals surface area contributed by atoms with Gasteiger partial charge in [0.05, 0.1) is 18.6 Å². The predicted octanol–water partition coefficient (Wildman–Crippen LogP) is 1.44. The van der Waals surface area contributed by atoms with Crippen molar-refractivity contribution >= 4 is 24.3 Å². The van der Waals surface area contributed by atoms with E-state index in [0.717, 1.165) is 0 Å². The summed E-state index contributed by atoms with van der Waals surface area (Å²) in [5, 5.41) is 6.06. The van der Waals surface area contributed by atoms with Crippen molar-refractivity contribution in [2.24, 2.45) is 5.41 Å². The zero-order valence-corrected chi connectivity index (χ0v) is 14.0. The van der Waals surface area contributed by atoms with Gasteiger partial charge in [0, 0.05) is 13.1 Å². The Morgan fingerprint density at radius 1 is 1.32 bits per heavy atom. The highest BCUT2D eigenvalue weighted by Crippen LogP contribution is 2.18. The van der Waals surface area contributed by atoms with Crippen molar-refractivity contribution in [3.8, 4) is 0 Å². The highest BCUT2D eigenvalue weighted by molar-refractivity contribution is 5.85. The summed E-state index contributed by atoms with van der Waals surface area (Å²) in [5.41, 5.74) is 1.71. The average molecular weight is 327 g/mol. The molecular formula is C16H23ClN2O3. The summed E-state index contributed by atoms with van der Waals surface area (Å²) in [6.07, 6.45) is 0.667. The minimum absolute atomic E-state index is 0. The number of carbonyl (C=O) groups is 2. The molecule has 1 aromatic carbocycles. The Hall–Kier alpha value is -1.59. The highest BCUT2D eigenvalue weighted by atomic mass is 35.5. The zero-order valence-electron chi connectivity index (χ0n) is 13.1. The lowest BCUT2D eigenvalue weighted by Gasteiger charge is -2.27. The van der Waals surface area contributed by atoms with Gasteiger partial charge >= 0.3 is 5.97 Å². The van der Waals surface area contributed by atoms with Crippen molar-refractivity contribution in [2.45, 2.75) is 32.9 Å². The molecule has 22 heavy (non-hydrogen) atoms. The van der Waals surface area contributed by atoms with E-state index in [2.05, 4.69) is 22.8 Å². The molecule has 0 aromatic heterocycles. The van der Waals surface area contributed by atoms with E-state index in [1.807, 2.05) is 12.1 Å². The van der Waals surface area contributed by atoms with Crippen LogP contribution in [-0.2, 0) is 27.3 Å². The van der Waals surface area contributed by atoms with E-state index in [0.29, 0.717) is 13.0 Å². The maximum atomic E-state index is 12.2. The molecule has 2 N–H and O–H groups in total. The van der Waals surface area contributed by atoms with E-state index < -0.39 is 5.41 Å². The SMILES string of the molecule is COC(=O)C(C)(C)CNC(=O)C1Cc2ccccc2CN1.Cl. The normalized spacial score (nSPS) is 17.0. The third-order valence-corrected chi connectivity index (χ3v) is 3.84.